The molecule has 20 heavy (non-hydrogen) atoms. The van der Waals surface area contributed by atoms with Crippen LogP contribution >= 0.6 is 0 Å². The molecule has 0 aromatic carbocycles. The summed E-state index contributed by atoms with van der Waals surface area (Å²) in [7, 11) is 0. The molecule has 3 amide bonds. The first-order chi connectivity index (χ1) is 9.41. The van der Waals surface area contributed by atoms with Crippen molar-refractivity contribution in [1.82, 2.24) is 10.6 Å². The van der Waals surface area contributed by atoms with E-state index in [1.165, 1.54) is 12.8 Å². The molecule has 0 aliphatic rings. The van der Waals surface area contributed by atoms with Gasteiger partial charge in [-0.2, -0.15) is 0 Å². The molecule has 0 bridgehead atoms. The van der Waals surface area contributed by atoms with Crippen LogP contribution in [-0.4, -0.2) is 29.6 Å². The predicted octanol–water partition coefficient (Wildman–Crippen LogP) is 2.28. The maximum Gasteiger partial charge on any atom is 0.321 e. The first-order valence-electron chi connectivity index (χ1n) is 7.21. The summed E-state index contributed by atoms with van der Waals surface area (Å²) in [6.07, 6.45) is 5.07. The fraction of sp³-hybridized carbons (Fsp3) is 0.786. The van der Waals surface area contributed by atoms with Gasteiger partial charge in [0, 0.05) is 13.0 Å². The van der Waals surface area contributed by atoms with Gasteiger partial charge in [0.25, 0.3) is 0 Å². The van der Waals surface area contributed by atoms with Crippen molar-refractivity contribution in [2.75, 3.05) is 6.54 Å². The summed E-state index contributed by atoms with van der Waals surface area (Å²) in [5.41, 5.74) is 0. The quantitative estimate of drug-likeness (QED) is 0.537. The van der Waals surface area contributed by atoms with Gasteiger partial charge < -0.3 is 10.4 Å². The van der Waals surface area contributed by atoms with E-state index in [0.717, 1.165) is 25.2 Å². The third kappa shape index (κ3) is 12.9. The van der Waals surface area contributed by atoms with E-state index in [1.807, 2.05) is 0 Å². The average molecular weight is 286 g/mol. The van der Waals surface area contributed by atoms with Crippen molar-refractivity contribution < 1.29 is 19.5 Å². The standard InChI is InChI=1S/C14H26N2O4/c1-11(2)7-5-3-4-6-10-15-14(20)16-12(17)8-9-13(18)19/h11H,3-10H2,1-2H3,(H,18,19)(H2,15,16,17,20). The molecule has 0 atom stereocenters. The van der Waals surface area contributed by atoms with Crippen LogP contribution in [0.5, 0.6) is 0 Å². The van der Waals surface area contributed by atoms with E-state index in [-0.39, 0.29) is 12.8 Å². The lowest BCUT2D eigenvalue weighted by atomic mass is 10.0. The monoisotopic (exact) mass is 286 g/mol. The molecule has 0 spiro atoms. The Hall–Kier alpha value is -1.59. The highest BCUT2D eigenvalue weighted by Gasteiger charge is 2.08. The van der Waals surface area contributed by atoms with Crippen LogP contribution in [0.15, 0.2) is 0 Å². The van der Waals surface area contributed by atoms with Gasteiger partial charge >= 0.3 is 12.0 Å². The van der Waals surface area contributed by atoms with E-state index in [9.17, 15) is 14.4 Å². The lowest BCUT2D eigenvalue weighted by molar-refractivity contribution is -0.138. The predicted molar refractivity (Wildman–Crippen MR) is 76.3 cm³/mol. The number of carboxylic acids is 1. The third-order valence-corrected chi connectivity index (χ3v) is 2.81. The Morgan fingerprint density at radius 2 is 1.65 bits per heavy atom. The van der Waals surface area contributed by atoms with Crippen LogP contribution < -0.4 is 10.6 Å². The van der Waals surface area contributed by atoms with Gasteiger partial charge in [-0.05, 0) is 12.3 Å². The minimum Gasteiger partial charge on any atom is -0.481 e. The number of carbonyl (C=O) groups is 3. The van der Waals surface area contributed by atoms with Crippen molar-refractivity contribution >= 4 is 17.9 Å². The summed E-state index contributed by atoms with van der Waals surface area (Å²) in [5, 5.41) is 13.1. The number of carboxylic acid groups (broad SMARTS) is 1. The third-order valence-electron chi connectivity index (χ3n) is 2.81. The highest BCUT2D eigenvalue weighted by atomic mass is 16.4. The molecule has 0 saturated carbocycles. The molecule has 0 aromatic heterocycles. The minimum atomic E-state index is -1.05. The fourth-order valence-electron chi connectivity index (χ4n) is 1.69. The van der Waals surface area contributed by atoms with Gasteiger partial charge in [-0.3, -0.25) is 14.9 Å². The van der Waals surface area contributed by atoms with Gasteiger partial charge in [0.2, 0.25) is 5.91 Å². The van der Waals surface area contributed by atoms with Crippen molar-refractivity contribution in [1.29, 1.82) is 0 Å². The Balaban J connectivity index is 3.44. The van der Waals surface area contributed by atoms with Crippen LogP contribution in [0.2, 0.25) is 0 Å². The molecule has 0 unspecified atom stereocenters. The number of hydrogen-bond donors (Lipinski definition) is 3. The Labute approximate surface area is 120 Å². The Morgan fingerprint density at radius 3 is 2.25 bits per heavy atom. The molecule has 0 aromatic rings. The van der Waals surface area contributed by atoms with Crippen LogP contribution in [0.25, 0.3) is 0 Å². The summed E-state index contributed by atoms with van der Waals surface area (Å²) in [5.74, 6) is -0.889. The first-order valence-corrected chi connectivity index (χ1v) is 7.21. The second-order valence-electron chi connectivity index (χ2n) is 5.29. The topological polar surface area (TPSA) is 95.5 Å². The van der Waals surface area contributed by atoms with E-state index >= 15 is 0 Å². The molecule has 3 N–H and O–H groups in total. The Kier molecular flexibility index (Phi) is 10.4. The van der Waals surface area contributed by atoms with Gasteiger partial charge in [-0.15, -0.1) is 0 Å². The SMILES string of the molecule is CC(C)CCCCCCNC(=O)NC(=O)CCC(=O)O. The normalized spacial score (nSPS) is 10.3. The van der Waals surface area contributed by atoms with Gasteiger partial charge in [0.1, 0.15) is 0 Å². The summed E-state index contributed by atoms with van der Waals surface area (Å²) in [6, 6.07) is -0.553. The van der Waals surface area contributed by atoms with Crippen LogP contribution in [0.3, 0.4) is 0 Å². The Morgan fingerprint density at radius 1 is 1.00 bits per heavy atom. The molecular formula is C14H26N2O4. The highest BCUT2D eigenvalue weighted by Crippen LogP contribution is 2.08. The van der Waals surface area contributed by atoms with Crippen LogP contribution in [-0.2, 0) is 9.59 Å². The van der Waals surface area contributed by atoms with E-state index in [4.69, 9.17) is 5.11 Å². The molecule has 0 aliphatic heterocycles. The smallest absolute Gasteiger partial charge is 0.321 e. The largest absolute Gasteiger partial charge is 0.481 e. The molecule has 116 valence electrons. The van der Waals surface area contributed by atoms with Crippen molar-refractivity contribution in [3.05, 3.63) is 0 Å². The summed E-state index contributed by atoms with van der Waals surface area (Å²) in [4.78, 5) is 32.7. The van der Waals surface area contributed by atoms with E-state index in [2.05, 4.69) is 24.5 Å². The zero-order chi connectivity index (χ0) is 15.4. The van der Waals surface area contributed by atoms with Crippen molar-refractivity contribution in [3.8, 4) is 0 Å². The number of carbonyl (C=O) groups excluding carboxylic acids is 2. The van der Waals surface area contributed by atoms with Gasteiger partial charge in [0.15, 0.2) is 0 Å². The summed E-state index contributed by atoms with van der Waals surface area (Å²) in [6.45, 7) is 4.93. The van der Waals surface area contributed by atoms with Crippen LogP contribution in [0, 0.1) is 5.92 Å². The second kappa shape index (κ2) is 11.3. The number of hydrogen-bond acceptors (Lipinski definition) is 3. The summed E-state index contributed by atoms with van der Waals surface area (Å²) >= 11 is 0. The molecule has 0 radical (unpaired) electrons. The average Bonchev–Trinajstić information content (AvgIpc) is 2.34. The molecule has 0 heterocycles. The summed E-state index contributed by atoms with van der Waals surface area (Å²) < 4.78 is 0. The highest BCUT2D eigenvalue weighted by molar-refractivity contribution is 5.95. The molecule has 0 saturated heterocycles. The number of amides is 3. The molecule has 0 aliphatic carbocycles. The zero-order valence-corrected chi connectivity index (χ0v) is 12.4. The molecule has 6 heteroatoms. The lowest BCUT2D eigenvalue weighted by Gasteiger charge is -2.07. The van der Waals surface area contributed by atoms with Crippen molar-refractivity contribution in [2.24, 2.45) is 5.92 Å². The number of rotatable bonds is 10. The second-order valence-corrected chi connectivity index (χ2v) is 5.29. The molecule has 0 rings (SSSR count). The zero-order valence-electron chi connectivity index (χ0n) is 12.4. The first kappa shape index (κ1) is 18.4. The molecule has 0 fully saturated rings. The number of nitrogens with one attached hydrogen (secondary N) is 2. The van der Waals surface area contributed by atoms with Crippen LogP contribution in [0.4, 0.5) is 4.79 Å². The van der Waals surface area contributed by atoms with Crippen molar-refractivity contribution in [2.45, 2.75) is 58.8 Å². The van der Waals surface area contributed by atoms with Gasteiger partial charge in [0.05, 0.1) is 6.42 Å². The number of urea groups is 1. The Bertz CT molecular complexity index is 316. The maximum atomic E-state index is 11.3. The number of imide groups is 1. The number of unbranched alkanes of at least 4 members (excludes halogenated alkanes) is 3. The fourth-order valence-corrected chi connectivity index (χ4v) is 1.69. The molecule has 6 nitrogen and oxygen atoms in total. The maximum absolute atomic E-state index is 11.3. The van der Waals surface area contributed by atoms with Gasteiger partial charge in [-0.25, -0.2) is 4.79 Å². The van der Waals surface area contributed by atoms with E-state index < -0.39 is 17.9 Å². The molecular weight excluding hydrogens is 260 g/mol. The number of aliphatic carboxylic acids is 1. The van der Waals surface area contributed by atoms with E-state index in [0.29, 0.717) is 6.54 Å². The van der Waals surface area contributed by atoms with E-state index in [1.54, 1.807) is 0 Å². The lowest BCUT2D eigenvalue weighted by Crippen LogP contribution is -2.39. The van der Waals surface area contributed by atoms with Crippen LogP contribution in [0.1, 0.15) is 58.8 Å². The van der Waals surface area contributed by atoms with Gasteiger partial charge in [-0.1, -0.05) is 39.5 Å². The van der Waals surface area contributed by atoms with Crippen molar-refractivity contribution in [3.63, 3.8) is 0 Å². The minimum absolute atomic E-state index is 0.183.